The summed E-state index contributed by atoms with van der Waals surface area (Å²) in [5.74, 6) is 6.49. The zero-order valence-corrected chi connectivity index (χ0v) is 11.5. The number of aryl methyl sites for hydroxylation is 1. The number of anilines is 2. The van der Waals surface area contributed by atoms with E-state index in [4.69, 9.17) is 15.3 Å². The van der Waals surface area contributed by atoms with E-state index in [-0.39, 0.29) is 12.7 Å². The molecule has 0 aromatic heterocycles. The van der Waals surface area contributed by atoms with Crippen LogP contribution in [-0.2, 0) is 0 Å². The van der Waals surface area contributed by atoms with Crippen molar-refractivity contribution in [2.45, 2.75) is 6.92 Å². The van der Waals surface area contributed by atoms with Crippen LogP contribution >= 0.6 is 0 Å². The van der Waals surface area contributed by atoms with Crippen LogP contribution in [0.5, 0.6) is 11.5 Å². The highest BCUT2D eigenvalue weighted by Gasteiger charge is 2.16. The van der Waals surface area contributed by atoms with Crippen molar-refractivity contribution in [1.29, 1.82) is 0 Å². The Bertz CT molecular complexity index is 701. The molecule has 0 bridgehead atoms. The lowest BCUT2D eigenvalue weighted by Crippen LogP contribution is -2.17. The Balaban J connectivity index is 1.85. The van der Waals surface area contributed by atoms with E-state index in [1.165, 1.54) is 0 Å². The zero-order chi connectivity index (χ0) is 14.8. The Morgan fingerprint density at radius 2 is 1.95 bits per heavy atom. The van der Waals surface area contributed by atoms with Crippen molar-refractivity contribution in [3.8, 4) is 11.5 Å². The van der Waals surface area contributed by atoms with E-state index in [2.05, 4.69) is 10.7 Å². The predicted molar refractivity (Wildman–Crippen MR) is 79.5 cm³/mol. The Hall–Kier alpha value is -2.73. The van der Waals surface area contributed by atoms with Crippen molar-refractivity contribution in [3.05, 3.63) is 47.5 Å². The molecule has 1 aliphatic rings. The van der Waals surface area contributed by atoms with Gasteiger partial charge in [-0.3, -0.25) is 10.6 Å². The number of hydrogen-bond donors (Lipinski definition) is 3. The van der Waals surface area contributed by atoms with E-state index in [0.717, 1.165) is 5.56 Å². The molecule has 3 rings (SSSR count). The third-order valence-electron chi connectivity index (χ3n) is 3.21. The summed E-state index contributed by atoms with van der Waals surface area (Å²) in [5.41, 5.74) is 5.19. The van der Waals surface area contributed by atoms with Gasteiger partial charge in [0.15, 0.2) is 11.5 Å². The van der Waals surface area contributed by atoms with Crippen LogP contribution in [0.4, 0.5) is 11.4 Å². The van der Waals surface area contributed by atoms with Crippen LogP contribution in [0.3, 0.4) is 0 Å². The van der Waals surface area contributed by atoms with Gasteiger partial charge in [-0.2, -0.15) is 0 Å². The maximum atomic E-state index is 12.4. The third-order valence-corrected chi connectivity index (χ3v) is 3.21. The van der Waals surface area contributed by atoms with Gasteiger partial charge in [0, 0.05) is 11.8 Å². The van der Waals surface area contributed by atoms with Crippen molar-refractivity contribution in [2.75, 3.05) is 17.5 Å². The Kier molecular flexibility index (Phi) is 3.37. The number of carbonyl (C=O) groups is 1. The monoisotopic (exact) mass is 285 g/mol. The number of nitrogen functional groups attached to an aromatic ring is 1. The van der Waals surface area contributed by atoms with E-state index in [9.17, 15) is 4.79 Å². The van der Waals surface area contributed by atoms with Gasteiger partial charge in [0.2, 0.25) is 6.79 Å². The summed E-state index contributed by atoms with van der Waals surface area (Å²) in [6.45, 7) is 2.11. The molecule has 0 spiro atoms. The lowest BCUT2D eigenvalue weighted by atomic mass is 10.1. The number of rotatable bonds is 3. The number of ether oxygens (including phenoxy) is 2. The summed E-state index contributed by atoms with van der Waals surface area (Å²) < 4.78 is 10.5. The normalized spacial score (nSPS) is 12.1. The van der Waals surface area contributed by atoms with Gasteiger partial charge in [0.1, 0.15) is 0 Å². The standard InChI is InChI=1S/C15H15N3O3/c1-9-2-4-12(18-16)11(6-9)15(19)17-10-3-5-13-14(7-10)21-8-20-13/h2-7,18H,8,16H2,1H3,(H,17,19). The summed E-state index contributed by atoms with van der Waals surface area (Å²) in [6, 6.07) is 10.7. The summed E-state index contributed by atoms with van der Waals surface area (Å²) in [6.07, 6.45) is 0. The summed E-state index contributed by atoms with van der Waals surface area (Å²) in [7, 11) is 0. The van der Waals surface area contributed by atoms with Crippen LogP contribution in [0, 0.1) is 6.92 Å². The Labute approximate surface area is 121 Å². The first-order valence-corrected chi connectivity index (χ1v) is 6.45. The molecule has 0 unspecified atom stereocenters. The molecule has 0 saturated heterocycles. The number of hydrogen-bond acceptors (Lipinski definition) is 5. The van der Waals surface area contributed by atoms with Crippen molar-refractivity contribution >= 4 is 17.3 Å². The van der Waals surface area contributed by atoms with Crippen LogP contribution in [0.15, 0.2) is 36.4 Å². The highest BCUT2D eigenvalue weighted by Crippen LogP contribution is 2.34. The summed E-state index contributed by atoms with van der Waals surface area (Å²) in [5, 5.41) is 2.82. The average Bonchev–Trinajstić information content (AvgIpc) is 2.94. The molecule has 6 heteroatoms. The van der Waals surface area contributed by atoms with Crippen LogP contribution in [0.25, 0.3) is 0 Å². The van der Waals surface area contributed by atoms with Crippen molar-refractivity contribution in [2.24, 2.45) is 5.84 Å². The van der Waals surface area contributed by atoms with Crippen LogP contribution in [-0.4, -0.2) is 12.7 Å². The molecule has 2 aromatic rings. The molecule has 0 aliphatic carbocycles. The first kappa shape index (κ1) is 13.3. The van der Waals surface area contributed by atoms with Crippen LogP contribution in [0.2, 0.25) is 0 Å². The molecule has 6 nitrogen and oxygen atoms in total. The maximum Gasteiger partial charge on any atom is 0.257 e. The number of amides is 1. The van der Waals surface area contributed by atoms with Gasteiger partial charge < -0.3 is 20.2 Å². The molecule has 2 aromatic carbocycles. The second kappa shape index (κ2) is 5.34. The molecule has 1 heterocycles. The average molecular weight is 285 g/mol. The van der Waals surface area contributed by atoms with Crippen LogP contribution < -0.4 is 26.1 Å². The van der Waals surface area contributed by atoms with Gasteiger partial charge in [-0.15, -0.1) is 0 Å². The highest BCUT2D eigenvalue weighted by atomic mass is 16.7. The van der Waals surface area contributed by atoms with Crippen LogP contribution in [0.1, 0.15) is 15.9 Å². The SMILES string of the molecule is Cc1ccc(NN)c(C(=O)Nc2ccc3c(c2)OCO3)c1. The van der Waals surface area contributed by atoms with Crippen molar-refractivity contribution in [3.63, 3.8) is 0 Å². The zero-order valence-electron chi connectivity index (χ0n) is 11.5. The fraction of sp³-hybridized carbons (Fsp3) is 0.133. The predicted octanol–water partition coefficient (Wildman–Crippen LogP) is 2.26. The largest absolute Gasteiger partial charge is 0.454 e. The van der Waals surface area contributed by atoms with Crippen molar-refractivity contribution < 1.29 is 14.3 Å². The Morgan fingerprint density at radius 1 is 1.14 bits per heavy atom. The minimum absolute atomic E-state index is 0.200. The molecule has 108 valence electrons. The van der Waals surface area contributed by atoms with Gasteiger partial charge in [-0.25, -0.2) is 0 Å². The van der Waals surface area contributed by atoms with E-state index < -0.39 is 0 Å². The Morgan fingerprint density at radius 3 is 2.76 bits per heavy atom. The number of nitrogens with one attached hydrogen (secondary N) is 2. The molecule has 1 amide bonds. The minimum Gasteiger partial charge on any atom is -0.454 e. The second-order valence-electron chi connectivity index (χ2n) is 4.72. The first-order chi connectivity index (χ1) is 10.2. The molecule has 0 atom stereocenters. The van der Waals surface area contributed by atoms with E-state index in [0.29, 0.717) is 28.4 Å². The third kappa shape index (κ3) is 2.61. The smallest absolute Gasteiger partial charge is 0.257 e. The number of benzene rings is 2. The molecule has 0 saturated carbocycles. The fourth-order valence-corrected chi connectivity index (χ4v) is 2.14. The number of nitrogens with two attached hydrogens (primary N) is 1. The van der Waals surface area contributed by atoms with Gasteiger partial charge in [-0.1, -0.05) is 11.6 Å². The summed E-state index contributed by atoms with van der Waals surface area (Å²) in [4.78, 5) is 12.4. The fourth-order valence-electron chi connectivity index (χ4n) is 2.14. The van der Waals surface area contributed by atoms with Gasteiger partial charge in [0.05, 0.1) is 11.3 Å². The lowest BCUT2D eigenvalue weighted by Gasteiger charge is -2.11. The molecule has 21 heavy (non-hydrogen) atoms. The number of hydrazine groups is 1. The molecule has 4 N–H and O–H groups in total. The second-order valence-corrected chi connectivity index (χ2v) is 4.72. The number of fused-ring (bicyclic) bond motifs is 1. The number of carbonyl (C=O) groups excluding carboxylic acids is 1. The molecular formula is C15H15N3O3. The summed E-state index contributed by atoms with van der Waals surface area (Å²) >= 11 is 0. The van der Waals surface area contributed by atoms with Gasteiger partial charge >= 0.3 is 0 Å². The topological polar surface area (TPSA) is 85.6 Å². The maximum absolute atomic E-state index is 12.4. The highest BCUT2D eigenvalue weighted by molar-refractivity contribution is 6.08. The van der Waals surface area contributed by atoms with E-state index in [1.54, 1.807) is 30.3 Å². The van der Waals surface area contributed by atoms with E-state index in [1.807, 2.05) is 13.0 Å². The quantitative estimate of drug-likeness (QED) is 0.595. The lowest BCUT2D eigenvalue weighted by molar-refractivity contribution is 0.102. The first-order valence-electron chi connectivity index (χ1n) is 6.45. The molecule has 0 fully saturated rings. The van der Waals surface area contributed by atoms with Crippen molar-refractivity contribution in [1.82, 2.24) is 0 Å². The van der Waals surface area contributed by atoms with Gasteiger partial charge in [-0.05, 0) is 31.2 Å². The molecule has 1 aliphatic heterocycles. The van der Waals surface area contributed by atoms with Gasteiger partial charge in [0.25, 0.3) is 5.91 Å². The minimum atomic E-state index is -0.245. The molecular weight excluding hydrogens is 270 g/mol. The molecule has 0 radical (unpaired) electrons. The van der Waals surface area contributed by atoms with E-state index >= 15 is 0 Å².